The van der Waals surface area contributed by atoms with Crippen LogP contribution in [0.2, 0.25) is 0 Å². The Morgan fingerprint density at radius 2 is 2.07 bits per heavy atom. The molecule has 0 aromatic carbocycles. The second-order valence-corrected chi connectivity index (χ2v) is 4.51. The lowest BCUT2D eigenvalue weighted by atomic mass is 10.1. The molecule has 0 aliphatic carbocycles. The van der Waals surface area contributed by atoms with Gasteiger partial charge < -0.3 is 15.5 Å². The van der Waals surface area contributed by atoms with E-state index in [1.54, 1.807) is 0 Å². The smallest absolute Gasteiger partial charge is 0.317 e. The Labute approximate surface area is 92.4 Å². The van der Waals surface area contributed by atoms with Gasteiger partial charge >= 0.3 is 6.03 Å². The number of hydrogen-bond donors (Lipinski definition) is 2. The zero-order chi connectivity index (χ0) is 11.3. The zero-order valence-electron chi connectivity index (χ0n) is 10.0. The van der Waals surface area contributed by atoms with Crippen molar-refractivity contribution in [2.45, 2.75) is 45.2 Å². The molecule has 1 unspecified atom stereocenters. The Bertz CT molecular complexity index is 206. The van der Waals surface area contributed by atoms with Crippen LogP contribution in [-0.2, 0) is 0 Å². The highest BCUT2D eigenvalue weighted by atomic mass is 16.2. The van der Waals surface area contributed by atoms with Crippen LogP contribution in [0.1, 0.15) is 33.1 Å². The van der Waals surface area contributed by atoms with Crippen LogP contribution in [0.3, 0.4) is 0 Å². The summed E-state index contributed by atoms with van der Waals surface area (Å²) in [7, 11) is 1.99. The molecule has 1 rings (SSSR count). The third-order valence-corrected chi connectivity index (χ3v) is 2.84. The van der Waals surface area contributed by atoms with E-state index in [4.69, 9.17) is 0 Å². The van der Waals surface area contributed by atoms with Crippen molar-refractivity contribution < 1.29 is 4.79 Å². The Balaban J connectivity index is 2.39. The Morgan fingerprint density at radius 1 is 1.33 bits per heavy atom. The van der Waals surface area contributed by atoms with Gasteiger partial charge in [-0.25, -0.2) is 4.79 Å². The van der Waals surface area contributed by atoms with Gasteiger partial charge in [0.15, 0.2) is 0 Å². The number of carbonyl (C=O) groups excluding carboxylic acids is 1. The van der Waals surface area contributed by atoms with Gasteiger partial charge in [0.2, 0.25) is 0 Å². The molecule has 2 amide bonds. The van der Waals surface area contributed by atoms with E-state index in [0.717, 1.165) is 25.9 Å². The maximum absolute atomic E-state index is 11.8. The maximum atomic E-state index is 11.8. The Kier molecular flexibility index (Phi) is 4.88. The van der Waals surface area contributed by atoms with Gasteiger partial charge in [-0.3, -0.25) is 0 Å². The third kappa shape index (κ3) is 4.08. The van der Waals surface area contributed by atoms with Crippen molar-refractivity contribution in [1.82, 2.24) is 15.5 Å². The predicted molar refractivity (Wildman–Crippen MR) is 61.9 cm³/mol. The van der Waals surface area contributed by atoms with Crippen molar-refractivity contribution in [3.8, 4) is 0 Å². The van der Waals surface area contributed by atoms with E-state index >= 15 is 0 Å². The molecule has 1 aliphatic heterocycles. The van der Waals surface area contributed by atoms with Crippen molar-refractivity contribution in [2.24, 2.45) is 0 Å². The zero-order valence-corrected chi connectivity index (χ0v) is 10.0. The van der Waals surface area contributed by atoms with Gasteiger partial charge in [0.1, 0.15) is 0 Å². The SMILES string of the molecule is CNC1CCCN(C(=O)NC(C)C)CC1. The largest absolute Gasteiger partial charge is 0.336 e. The van der Waals surface area contributed by atoms with Crippen LogP contribution < -0.4 is 10.6 Å². The molecule has 0 saturated carbocycles. The first kappa shape index (κ1) is 12.3. The van der Waals surface area contributed by atoms with E-state index in [2.05, 4.69) is 10.6 Å². The van der Waals surface area contributed by atoms with Crippen molar-refractivity contribution >= 4 is 6.03 Å². The molecule has 4 nitrogen and oxygen atoms in total. The molecule has 0 spiro atoms. The monoisotopic (exact) mass is 213 g/mol. The van der Waals surface area contributed by atoms with Crippen molar-refractivity contribution in [3.05, 3.63) is 0 Å². The second-order valence-electron chi connectivity index (χ2n) is 4.51. The number of nitrogens with zero attached hydrogens (tertiary/aromatic N) is 1. The highest BCUT2D eigenvalue weighted by Gasteiger charge is 2.19. The minimum absolute atomic E-state index is 0.0850. The molecule has 1 fully saturated rings. The standard InChI is InChI=1S/C11H23N3O/c1-9(2)13-11(15)14-7-4-5-10(12-3)6-8-14/h9-10,12H,4-8H2,1-3H3,(H,13,15). The van der Waals surface area contributed by atoms with E-state index in [1.165, 1.54) is 6.42 Å². The van der Waals surface area contributed by atoms with Gasteiger partial charge in [0.25, 0.3) is 0 Å². The molecule has 88 valence electrons. The molecule has 1 heterocycles. The normalized spacial score (nSPS) is 22.7. The molecular weight excluding hydrogens is 190 g/mol. The number of amides is 2. The molecule has 0 bridgehead atoms. The van der Waals surface area contributed by atoms with Crippen LogP contribution in [0.25, 0.3) is 0 Å². The van der Waals surface area contributed by atoms with Gasteiger partial charge in [0.05, 0.1) is 0 Å². The number of rotatable bonds is 2. The quantitative estimate of drug-likeness (QED) is 0.723. The van der Waals surface area contributed by atoms with Crippen LogP contribution >= 0.6 is 0 Å². The molecule has 4 heteroatoms. The average Bonchev–Trinajstić information content (AvgIpc) is 2.41. The number of nitrogens with one attached hydrogen (secondary N) is 2. The van der Waals surface area contributed by atoms with Crippen LogP contribution in [-0.4, -0.2) is 43.2 Å². The highest BCUT2D eigenvalue weighted by molar-refractivity contribution is 5.74. The van der Waals surface area contributed by atoms with Gasteiger partial charge in [-0.2, -0.15) is 0 Å². The van der Waals surface area contributed by atoms with Crippen molar-refractivity contribution in [3.63, 3.8) is 0 Å². The lowest BCUT2D eigenvalue weighted by molar-refractivity contribution is 0.197. The van der Waals surface area contributed by atoms with Crippen molar-refractivity contribution in [2.75, 3.05) is 20.1 Å². The Hall–Kier alpha value is -0.770. The average molecular weight is 213 g/mol. The summed E-state index contributed by atoms with van der Waals surface area (Å²) in [6.07, 6.45) is 3.32. The van der Waals surface area contributed by atoms with Crippen LogP contribution in [0.15, 0.2) is 0 Å². The topological polar surface area (TPSA) is 44.4 Å². The van der Waals surface area contributed by atoms with Gasteiger partial charge in [-0.1, -0.05) is 0 Å². The lowest BCUT2D eigenvalue weighted by Crippen LogP contribution is -2.43. The summed E-state index contributed by atoms with van der Waals surface area (Å²) in [6.45, 7) is 5.74. The number of hydrogen-bond acceptors (Lipinski definition) is 2. The third-order valence-electron chi connectivity index (χ3n) is 2.84. The van der Waals surface area contributed by atoms with Gasteiger partial charge in [-0.15, -0.1) is 0 Å². The first-order chi connectivity index (χ1) is 7.13. The predicted octanol–water partition coefficient (Wildman–Crippen LogP) is 1.18. The summed E-state index contributed by atoms with van der Waals surface area (Å²) in [4.78, 5) is 13.7. The molecule has 1 atom stereocenters. The lowest BCUT2D eigenvalue weighted by Gasteiger charge is -2.22. The van der Waals surface area contributed by atoms with E-state index < -0.39 is 0 Å². The molecule has 1 saturated heterocycles. The van der Waals surface area contributed by atoms with E-state index in [1.807, 2.05) is 25.8 Å². The van der Waals surface area contributed by atoms with E-state index in [-0.39, 0.29) is 12.1 Å². The van der Waals surface area contributed by atoms with Crippen LogP contribution in [0.4, 0.5) is 4.79 Å². The van der Waals surface area contributed by atoms with E-state index in [0.29, 0.717) is 6.04 Å². The first-order valence-corrected chi connectivity index (χ1v) is 5.86. The molecule has 0 aromatic rings. The van der Waals surface area contributed by atoms with Gasteiger partial charge in [-0.05, 0) is 40.2 Å². The molecule has 15 heavy (non-hydrogen) atoms. The summed E-state index contributed by atoms with van der Waals surface area (Å²) in [5, 5.41) is 6.23. The summed E-state index contributed by atoms with van der Waals surface area (Å²) in [6, 6.07) is 0.879. The molecule has 0 radical (unpaired) electrons. The first-order valence-electron chi connectivity index (χ1n) is 5.86. The maximum Gasteiger partial charge on any atom is 0.317 e. The van der Waals surface area contributed by atoms with Crippen LogP contribution in [0, 0.1) is 0 Å². The van der Waals surface area contributed by atoms with Crippen molar-refractivity contribution in [1.29, 1.82) is 0 Å². The fraction of sp³-hybridized carbons (Fsp3) is 0.909. The second kappa shape index (κ2) is 5.95. The number of urea groups is 1. The summed E-state index contributed by atoms with van der Waals surface area (Å²) >= 11 is 0. The molecule has 1 aliphatic rings. The Morgan fingerprint density at radius 3 is 2.67 bits per heavy atom. The molecule has 0 aromatic heterocycles. The fourth-order valence-electron chi connectivity index (χ4n) is 1.93. The summed E-state index contributed by atoms with van der Waals surface area (Å²) in [5.74, 6) is 0. The summed E-state index contributed by atoms with van der Waals surface area (Å²) in [5.41, 5.74) is 0. The number of likely N-dealkylation sites (tertiary alicyclic amines) is 1. The van der Waals surface area contributed by atoms with Crippen LogP contribution in [0.5, 0.6) is 0 Å². The highest BCUT2D eigenvalue weighted by Crippen LogP contribution is 2.10. The summed E-state index contributed by atoms with van der Waals surface area (Å²) < 4.78 is 0. The minimum Gasteiger partial charge on any atom is -0.336 e. The minimum atomic E-state index is 0.0850. The van der Waals surface area contributed by atoms with Gasteiger partial charge in [0, 0.05) is 25.2 Å². The van der Waals surface area contributed by atoms with E-state index in [9.17, 15) is 4.79 Å². The fourth-order valence-corrected chi connectivity index (χ4v) is 1.93. The molecular formula is C11H23N3O. The number of carbonyl (C=O) groups is 1. The molecule has 2 N–H and O–H groups in total.